The first kappa shape index (κ1) is 19.5. The molecular formula is C23H24BN7. The van der Waals surface area contributed by atoms with Gasteiger partial charge in [0.2, 0.25) is 11.9 Å². The Balaban J connectivity index is 1.34. The molecule has 5 rings (SSSR count). The number of rotatable bonds is 6. The Morgan fingerprint density at radius 2 is 1.84 bits per heavy atom. The summed E-state index contributed by atoms with van der Waals surface area (Å²) in [5.74, 6) is 1.22. The molecule has 1 saturated carbocycles. The number of fused-ring (bicyclic) bond motifs is 1. The van der Waals surface area contributed by atoms with Crippen molar-refractivity contribution in [2.75, 3.05) is 10.6 Å². The lowest BCUT2D eigenvalue weighted by Crippen LogP contribution is -2.24. The van der Waals surface area contributed by atoms with Crippen LogP contribution in [0, 0.1) is 0 Å². The van der Waals surface area contributed by atoms with E-state index >= 15 is 0 Å². The van der Waals surface area contributed by atoms with Crippen molar-refractivity contribution in [2.24, 2.45) is 0 Å². The van der Waals surface area contributed by atoms with Crippen LogP contribution in [0.2, 0.25) is 0 Å². The summed E-state index contributed by atoms with van der Waals surface area (Å²) in [5.41, 5.74) is 4.34. The minimum atomic E-state index is 0.410. The second-order valence-electron chi connectivity index (χ2n) is 7.95. The van der Waals surface area contributed by atoms with Gasteiger partial charge in [0.1, 0.15) is 7.85 Å². The molecule has 1 fully saturated rings. The first-order chi connectivity index (χ1) is 15.3. The van der Waals surface area contributed by atoms with Crippen molar-refractivity contribution in [2.45, 2.75) is 44.7 Å². The third-order valence-electron chi connectivity index (χ3n) is 5.70. The van der Waals surface area contributed by atoms with Gasteiger partial charge in [0.15, 0.2) is 5.65 Å². The highest BCUT2D eigenvalue weighted by Gasteiger charge is 2.16. The highest BCUT2D eigenvalue weighted by molar-refractivity contribution is 6.36. The van der Waals surface area contributed by atoms with Gasteiger partial charge in [-0.25, -0.2) is 0 Å². The van der Waals surface area contributed by atoms with Crippen LogP contribution in [0.1, 0.15) is 37.7 Å². The number of anilines is 2. The molecule has 8 heteroatoms. The maximum absolute atomic E-state index is 6.09. The van der Waals surface area contributed by atoms with Crippen molar-refractivity contribution in [3.8, 4) is 11.3 Å². The first-order valence-corrected chi connectivity index (χ1v) is 10.8. The smallest absolute Gasteiger partial charge is 0.229 e. The summed E-state index contributed by atoms with van der Waals surface area (Å²) in [5, 5.41) is 11.2. The number of hydrogen-bond acceptors (Lipinski definition) is 6. The summed E-state index contributed by atoms with van der Waals surface area (Å²) in [7, 11) is 6.09. The van der Waals surface area contributed by atoms with Gasteiger partial charge in [-0.1, -0.05) is 49.6 Å². The van der Waals surface area contributed by atoms with Crippen LogP contribution in [0.3, 0.4) is 0 Å². The third kappa shape index (κ3) is 4.38. The summed E-state index contributed by atoms with van der Waals surface area (Å²) in [6.45, 7) is 0.608. The maximum atomic E-state index is 6.09. The molecule has 7 nitrogen and oxygen atoms in total. The van der Waals surface area contributed by atoms with Crippen LogP contribution in [0.15, 0.2) is 54.9 Å². The van der Waals surface area contributed by atoms with E-state index < -0.39 is 0 Å². The van der Waals surface area contributed by atoms with E-state index in [2.05, 4.69) is 50.0 Å². The predicted molar refractivity (Wildman–Crippen MR) is 124 cm³/mol. The molecule has 31 heavy (non-hydrogen) atoms. The molecule has 3 heterocycles. The van der Waals surface area contributed by atoms with E-state index in [1.54, 1.807) is 16.9 Å². The van der Waals surface area contributed by atoms with Crippen LogP contribution in [-0.2, 0) is 6.54 Å². The van der Waals surface area contributed by atoms with Crippen molar-refractivity contribution < 1.29 is 0 Å². The molecule has 4 aromatic rings. The van der Waals surface area contributed by atoms with Gasteiger partial charge in [-0.15, -0.1) is 0 Å². The molecule has 0 saturated heterocycles. The molecule has 0 spiro atoms. The van der Waals surface area contributed by atoms with Crippen molar-refractivity contribution in [3.63, 3.8) is 0 Å². The van der Waals surface area contributed by atoms with Crippen LogP contribution >= 0.6 is 0 Å². The average molecular weight is 409 g/mol. The van der Waals surface area contributed by atoms with Crippen LogP contribution < -0.4 is 16.1 Å². The van der Waals surface area contributed by atoms with Gasteiger partial charge in [0.25, 0.3) is 0 Å². The molecular weight excluding hydrogens is 385 g/mol. The van der Waals surface area contributed by atoms with Crippen molar-refractivity contribution in [3.05, 3.63) is 60.4 Å². The highest BCUT2D eigenvalue weighted by Crippen LogP contribution is 2.21. The number of nitrogens with zero attached hydrogens (tertiary/aromatic N) is 5. The highest BCUT2D eigenvalue weighted by atomic mass is 15.4. The molecule has 1 aliphatic carbocycles. The molecule has 0 unspecified atom stereocenters. The Morgan fingerprint density at radius 1 is 1.00 bits per heavy atom. The van der Waals surface area contributed by atoms with Crippen LogP contribution in [0.5, 0.6) is 0 Å². The first-order valence-electron chi connectivity index (χ1n) is 10.8. The molecule has 0 bridgehead atoms. The summed E-state index contributed by atoms with van der Waals surface area (Å²) in [6, 6.07) is 14.7. The fourth-order valence-electron chi connectivity index (χ4n) is 4.01. The standard InChI is InChI=1S/C23H24BN7/c24-19-15-27-31-21(19)29-22(28-18-6-2-1-3-7-18)30-23(31)26-14-16-9-11-17(12-10-16)20-8-4-5-13-25-20/h4-5,8-13,15,18H,1-3,6-7,14H2,(H2,26,28,29,30). The van der Waals surface area contributed by atoms with Crippen molar-refractivity contribution >= 4 is 30.9 Å². The van der Waals surface area contributed by atoms with E-state index in [1.807, 2.05) is 18.2 Å². The van der Waals surface area contributed by atoms with Gasteiger partial charge in [-0.05, 0) is 36.0 Å². The lowest BCUT2D eigenvalue weighted by molar-refractivity contribution is 0.461. The van der Waals surface area contributed by atoms with Gasteiger partial charge >= 0.3 is 0 Å². The summed E-state index contributed by atoms with van der Waals surface area (Å²) >= 11 is 0. The van der Waals surface area contributed by atoms with Crippen LogP contribution in [0.4, 0.5) is 11.9 Å². The van der Waals surface area contributed by atoms with E-state index in [-0.39, 0.29) is 0 Å². The number of aromatic nitrogens is 5. The predicted octanol–water partition coefficient (Wildman–Crippen LogP) is 3.34. The molecule has 1 aliphatic rings. The molecule has 0 amide bonds. The fourth-order valence-corrected chi connectivity index (χ4v) is 4.01. The van der Waals surface area contributed by atoms with E-state index in [4.69, 9.17) is 12.8 Å². The largest absolute Gasteiger partial charge is 0.351 e. The van der Waals surface area contributed by atoms with Gasteiger partial charge < -0.3 is 10.6 Å². The van der Waals surface area contributed by atoms with Crippen LogP contribution in [0.25, 0.3) is 16.9 Å². The third-order valence-corrected chi connectivity index (χ3v) is 5.70. The molecule has 2 N–H and O–H groups in total. The zero-order chi connectivity index (χ0) is 21.0. The molecule has 2 radical (unpaired) electrons. The van der Waals surface area contributed by atoms with Crippen molar-refractivity contribution in [1.82, 2.24) is 24.6 Å². The monoisotopic (exact) mass is 409 g/mol. The minimum absolute atomic E-state index is 0.410. The maximum Gasteiger partial charge on any atom is 0.229 e. The Hall–Kier alpha value is -3.42. The minimum Gasteiger partial charge on any atom is -0.351 e. The summed E-state index contributed by atoms with van der Waals surface area (Å²) < 4.78 is 1.66. The summed E-state index contributed by atoms with van der Waals surface area (Å²) in [4.78, 5) is 13.7. The average Bonchev–Trinajstić information content (AvgIpc) is 3.20. The molecule has 1 aromatic carbocycles. The molecule has 154 valence electrons. The van der Waals surface area contributed by atoms with Gasteiger partial charge in [0.05, 0.1) is 5.69 Å². The summed E-state index contributed by atoms with van der Waals surface area (Å²) in [6.07, 6.45) is 9.51. The van der Waals surface area contributed by atoms with E-state index in [1.165, 1.54) is 19.3 Å². The molecule has 3 aromatic heterocycles. The number of benzene rings is 1. The Kier molecular flexibility index (Phi) is 5.52. The topological polar surface area (TPSA) is 80.0 Å². The second kappa shape index (κ2) is 8.75. The zero-order valence-corrected chi connectivity index (χ0v) is 17.3. The number of pyridine rings is 1. The molecule has 0 aliphatic heterocycles. The van der Waals surface area contributed by atoms with Gasteiger partial charge in [-0.2, -0.15) is 19.6 Å². The van der Waals surface area contributed by atoms with E-state index in [0.717, 1.165) is 29.7 Å². The van der Waals surface area contributed by atoms with Gasteiger partial charge in [0, 0.05) is 30.5 Å². The Bertz CT molecular complexity index is 1150. The normalized spacial score (nSPS) is 14.6. The Labute approximate surface area is 182 Å². The quantitative estimate of drug-likeness (QED) is 0.476. The fraction of sp³-hybridized carbons (Fsp3) is 0.304. The lowest BCUT2D eigenvalue weighted by Gasteiger charge is -2.23. The van der Waals surface area contributed by atoms with E-state index in [9.17, 15) is 0 Å². The SMILES string of the molecule is [B]c1cnn2c(NCc3ccc(-c4ccccn4)cc3)nc(NC3CCCCC3)nc12. The number of nitrogens with one attached hydrogen (secondary N) is 2. The van der Waals surface area contributed by atoms with E-state index in [0.29, 0.717) is 35.6 Å². The zero-order valence-electron chi connectivity index (χ0n) is 17.3. The second-order valence-corrected chi connectivity index (χ2v) is 7.95. The lowest BCUT2D eigenvalue weighted by atomic mass is 9.96. The number of hydrogen-bond donors (Lipinski definition) is 2. The van der Waals surface area contributed by atoms with Gasteiger partial charge in [-0.3, -0.25) is 4.98 Å². The Morgan fingerprint density at radius 3 is 2.61 bits per heavy atom. The van der Waals surface area contributed by atoms with Crippen molar-refractivity contribution in [1.29, 1.82) is 0 Å². The molecule has 0 atom stereocenters. The van der Waals surface area contributed by atoms with Crippen LogP contribution in [-0.4, -0.2) is 38.5 Å².